The predicted molar refractivity (Wildman–Crippen MR) is 111 cm³/mol. The summed E-state index contributed by atoms with van der Waals surface area (Å²) in [5, 5.41) is 7.03. The van der Waals surface area contributed by atoms with Crippen molar-refractivity contribution in [2.45, 2.75) is 13.5 Å². The number of ether oxygens (including phenoxy) is 1. The van der Waals surface area contributed by atoms with Crippen LogP contribution in [0.4, 0.5) is 11.4 Å². The van der Waals surface area contributed by atoms with E-state index in [9.17, 15) is 4.79 Å². The van der Waals surface area contributed by atoms with E-state index in [-0.39, 0.29) is 5.91 Å². The van der Waals surface area contributed by atoms with Crippen LogP contribution < -0.4 is 15.4 Å². The van der Waals surface area contributed by atoms with E-state index in [0.29, 0.717) is 17.1 Å². The fraction of sp³-hybridized carbons (Fsp3) is 0.136. The van der Waals surface area contributed by atoms with Crippen molar-refractivity contribution < 1.29 is 9.53 Å². The van der Waals surface area contributed by atoms with Crippen LogP contribution in [0.5, 0.6) is 5.75 Å². The summed E-state index contributed by atoms with van der Waals surface area (Å²) in [6, 6.07) is 20.5. The molecule has 0 aliphatic heterocycles. The first-order valence-corrected chi connectivity index (χ1v) is 8.98. The molecule has 27 heavy (non-hydrogen) atoms. The van der Waals surface area contributed by atoms with Gasteiger partial charge in [0.25, 0.3) is 5.91 Å². The van der Waals surface area contributed by atoms with Crippen LogP contribution in [0.25, 0.3) is 0 Å². The van der Waals surface area contributed by atoms with Crippen LogP contribution >= 0.6 is 11.6 Å². The highest BCUT2D eigenvalue weighted by atomic mass is 35.5. The molecular weight excluding hydrogens is 360 g/mol. The van der Waals surface area contributed by atoms with Crippen LogP contribution in [0.1, 0.15) is 21.5 Å². The summed E-state index contributed by atoms with van der Waals surface area (Å²) in [4.78, 5) is 12.4. The van der Waals surface area contributed by atoms with Crippen LogP contribution in [0, 0.1) is 6.92 Å². The Morgan fingerprint density at radius 3 is 2.48 bits per heavy atom. The highest BCUT2D eigenvalue weighted by Crippen LogP contribution is 2.27. The fourth-order valence-electron chi connectivity index (χ4n) is 2.82. The molecule has 0 aliphatic rings. The van der Waals surface area contributed by atoms with Gasteiger partial charge >= 0.3 is 0 Å². The van der Waals surface area contributed by atoms with Gasteiger partial charge in [0.2, 0.25) is 0 Å². The van der Waals surface area contributed by atoms with Gasteiger partial charge in [0.1, 0.15) is 5.75 Å². The van der Waals surface area contributed by atoms with Crippen molar-refractivity contribution in [3.8, 4) is 5.75 Å². The number of nitrogens with one attached hydrogen (secondary N) is 2. The van der Waals surface area contributed by atoms with Crippen molar-refractivity contribution >= 4 is 28.9 Å². The largest absolute Gasteiger partial charge is 0.496 e. The molecule has 0 saturated carbocycles. The number of hydrogen-bond acceptors (Lipinski definition) is 3. The number of benzene rings is 3. The molecular formula is C22H21ClN2O2. The molecule has 0 radical (unpaired) electrons. The van der Waals surface area contributed by atoms with Gasteiger partial charge in [-0.05, 0) is 55.0 Å². The molecule has 0 heterocycles. The summed E-state index contributed by atoms with van der Waals surface area (Å²) in [5.41, 5.74) is 4.25. The van der Waals surface area contributed by atoms with Crippen molar-refractivity contribution in [3.05, 3.63) is 88.4 Å². The number of hydrogen-bond donors (Lipinski definition) is 2. The molecule has 0 fully saturated rings. The van der Waals surface area contributed by atoms with Gasteiger partial charge in [-0.2, -0.15) is 0 Å². The van der Waals surface area contributed by atoms with Crippen molar-refractivity contribution in [1.29, 1.82) is 0 Å². The smallest absolute Gasteiger partial charge is 0.255 e. The molecule has 0 atom stereocenters. The Morgan fingerprint density at radius 1 is 1.00 bits per heavy atom. The van der Waals surface area contributed by atoms with E-state index in [1.807, 2.05) is 55.5 Å². The third-order valence-corrected chi connectivity index (χ3v) is 4.56. The quantitative estimate of drug-likeness (QED) is 0.591. The third kappa shape index (κ3) is 4.60. The summed E-state index contributed by atoms with van der Waals surface area (Å²) >= 11 is 6.10. The molecule has 3 aromatic carbocycles. The summed E-state index contributed by atoms with van der Waals surface area (Å²) in [6.45, 7) is 2.53. The zero-order valence-electron chi connectivity index (χ0n) is 15.3. The Morgan fingerprint density at radius 2 is 1.74 bits per heavy atom. The predicted octanol–water partition coefficient (Wildman–Crippen LogP) is 5.52. The zero-order valence-corrected chi connectivity index (χ0v) is 16.0. The molecule has 3 aromatic rings. The van der Waals surface area contributed by atoms with E-state index in [1.165, 1.54) is 0 Å². The molecule has 1 amide bonds. The lowest BCUT2D eigenvalue weighted by Crippen LogP contribution is -2.13. The van der Waals surface area contributed by atoms with Crippen molar-refractivity contribution in [2.75, 3.05) is 17.7 Å². The molecule has 138 valence electrons. The van der Waals surface area contributed by atoms with E-state index >= 15 is 0 Å². The highest BCUT2D eigenvalue weighted by Gasteiger charge is 2.10. The SMILES string of the molecule is COc1ccc(Cl)cc1CNc1cccc(NC(=O)c2ccccc2)c1C. The Hall–Kier alpha value is -2.98. The molecule has 5 heteroatoms. The Kier molecular flexibility index (Phi) is 5.99. The maximum Gasteiger partial charge on any atom is 0.255 e. The molecule has 0 unspecified atom stereocenters. The first kappa shape index (κ1) is 18.8. The highest BCUT2D eigenvalue weighted by molar-refractivity contribution is 6.30. The second-order valence-corrected chi connectivity index (χ2v) is 6.54. The van der Waals surface area contributed by atoms with Crippen LogP contribution in [0.3, 0.4) is 0 Å². The molecule has 0 aromatic heterocycles. The standard InChI is InChI=1S/C22H21ClN2O2/c1-15-19(24-14-17-13-18(23)11-12-21(17)27-2)9-6-10-20(15)25-22(26)16-7-4-3-5-8-16/h3-13,24H,14H2,1-2H3,(H,25,26). The minimum atomic E-state index is -0.132. The Labute approximate surface area is 164 Å². The minimum absolute atomic E-state index is 0.132. The number of halogens is 1. The normalized spacial score (nSPS) is 10.3. The average Bonchev–Trinajstić information content (AvgIpc) is 2.69. The molecule has 0 aliphatic carbocycles. The van der Waals surface area contributed by atoms with E-state index in [1.54, 1.807) is 25.3 Å². The van der Waals surface area contributed by atoms with Crippen LogP contribution in [-0.4, -0.2) is 13.0 Å². The van der Waals surface area contributed by atoms with E-state index in [0.717, 1.165) is 28.3 Å². The molecule has 4 nitrogen and oxygen atoms in total. The summed E-state index contributed by atoms with van der Waals surface area (Å²) < 4.78 is 5.39. The lowest BCUT2D eigenvalue weighted by Gasteiger charge is -2.15. The summed E-state index contributed by atoms with van der Waals surface area (Å²) in [5.74, 6) is 0.644. The van der Waals surface area contributed by atoms with Gasteiger partial charge in [-0.1, -0.05) is 35.9 Å². The van der Waals surface area contributed by atoms with Gasteiger partial charge in [0.15, 0.2) is 0 Å². The number of methoxy groups -OCH3 is 1. The van der Waals surface area contributed by atoms with E-state index in [4.69, 9.17) is 16.3 Å². The fourth-order valence-corrected chi connectivity index (χ4v) is 3.02. The maximum atomic E-state index is 12.4. The third-order valence-electron chi connectivity index (χ3n) is 4.33. The summed E-state index contributed by atoms with van der Waals surface area (Å²) in [6.07, 6.45) is 0. The second-order valence-electron chi connectivity index (χ2n) is 6.11. The number of carbonyl (C=O) groups is 1. The van der Waals surface area contributed by atoms with Crippen molar-refractivity contribution in [3.63, 3.8) is 0 Å². The maximum absolute atomic E-state index is 12.4. The molecule has 0 bridgehead atoms. The average molecular weight is 381 g/mol. The number of amides is 1. The van der Waals surface area contributed by atoms with Gasteiger partial charge in [-0.25, -0.2) is 0 Å². The van der Waals surface area contributed by atoms with Crippen molar-refractivity contribution in [1.82, 2.24) is 0 Å². The Bertz CT molecular complexity index is 942. The number of rotatable bonds is 6. The molecule has 3 rings (SSSR count). The number of anilines is 2. The molecule has 0 spiro atoms. The van der Waals surface area contributed by atoms with E-state index in [2.05, 4.69) is 10.6 Å². The van der Waals surface area contributed by atoms with Crippen LogP contribution in [0.2, 0.25) is 5.02 Å². The first-order chi connectivity index (χ1) is 13.1. The summed E-state index contributed by atoms with van der Waals surface area (Å²) in [7, 11) is 1.64. The van der Waals surface area contributed by atoms with Gasteiger partial charge < -0.3 is 15.4 Å². The first-order valence-electron chi connectivity index (χ1n) is 8.61. The van der Waals surface area contributed by atoms with Gasteiger partial charge in [0.05, 0.1) is 7.11 Å². The molecule has 2 N–H and O–H groups in total. The van der Waals surface area contributed by atoms with Gasteiger partial charge in [0, 0.05) is 34.1 Å². The van der Waals surface area contributed by atoms with E-state index < -0.39 is 0 Å². The second kappa shape index (κ2) is 8.60. The minimum Gasteiger partial charge on any atom is -0.496 e. The van der Waals surface area contributed by atoms with Crippen LogP contribution in [0.15, 0.2) is 66.7 Å². The lowest BCUT2D eigenvalue weighted by atomic mass is 10.1. The van der Waals surface area contributed by atoms with Gasteiger partial charge in [-0.15, -0.1) is 0 Å². The van der Waals surface area contributed by atoms with Crippen molar-refractivity contribution in [2.24, 2.45) is 0 Å². The number of carbonyl (C=O) groups excluding carboxylic acids is 1. The lowest BCUT2D eigenvalue weighted by molar-refractivity contribution is 0.102. The zero-order chi connectivity index (χ0) is 19.2. The molecule has 0 saturated heterocycles. The Balaban J connectivity index is 1.75. The van der Waals surface area contributed by atoms with Gasteiger partial charge in [-0.3, -0.25) is 4.79 Å². The van der Waals surface area contributed by atoms with Crippen LogP contribution in [-0.2, 0) is 6.54 Å². The topological polar surface area (TPSA) is 50.4 Å². The monoisotopic (exact) mass is 380 g/mol.